The molecule has 1 amide bonds. The van der Waals surface area contributed by atoms with Crippen LogP contribution in [-0.2, 0) is 4.79 Å². The van der Waals surface area contributed by atoms with Crippen LogP contribution >= 0.6 is 11.3 Å². The summed E-state index contributed by atoms with van der Waals surface area (Å²) in [6.07, 6.45) is 1.91. The van der Waals surface area contributed by atoms with Crippen molar-refractivity contribution in [2.75, 3.05) is 45.3 Å². The summed E-state index contributed by atoms with van der Waals surface area (Å²) in [4.78, 5) is 14.8. The highest BCUT2D eigenvalue weighted by molar-refractivity contribution is 7.14. The molecule has 8 nitrogen and oxygen atoms in total. The molecule has 5 rings (SSSR count). The highest BCUT2D eigenvalue weighted by atomic mass is 32.1. The highest BCUT2D eigenvalue weighted by Gasteiger charge is 2.25. The van der Waals surface area contributed by atoms with E-state index in [9.17, 15) is 4.79 Å². The number of nitrogens with zero attached hydrogens (tertiary/aromatic N) is 3. The standard InChI is InChI=1S/C24H26N4O4S/c1-30-19-5-3-2-4-18(19)24-27-26-23(33-24)16-8-10-28(11-9-16)15-22(29)25-17-6-7-20-21(14-17)32-13-12-31-20/h2-7,14,16H,8-13,15H2,1H3,(H,25,29). The third-order valence-electron chi connectivity index (χ3n) is 5.91. The molecule has 2 aliphatic heterocycles. The van der Waals surface area contributed by atoms with Crippen LogP contribution in [-0.4, -0.2) is 61.0 Å². The van der Waals surface area contributed by atoms with E-state index in [-0.39, 0.29) is 5.91 Å². The third kappa shape index (κ3) is 4.94. The minimum absolute atomic E-state index is 0.0282. The first-order chi connectivity index (χ1) is 16.2. The average molecular weight is 467 g/mol. The zero-order valence-corrected chi connectivity index (χ0v) is 19.3. The van der Waals surface area contributed by atoms with Gasteiger partial charge >= 0.3 is 0 Å². The van der Waals surface area contributed by atoms with Gasteiger partial charge in [0.2, 0.25) is 5.91 Å². The molecule has 2 aliphatic rings. The number of anilines is 1. The Kier molecular flexibility index (Phi) is 6.41. The van der Waals surface area contributed by atoms with Gasteiger partial charge in [-0.1, -0.05) is 23.5 Å². The van der Waals surface area contributed by atoms with E-state index < -0.39 is 0 Å². The van der Waals surface area contributed by atoms with Gasteiger partial charge in [0.25, 0.3) is 0 Å². The van der Waals surface area contributed by atoms with Crippen molar-refractivity contribution in [3.05, 3.63) is 47.5 Å². The number of aromatic nitrogens is 2. The number of piperidine rings is 1. The minimum atomic E-state index is -0.0282. The number of hydrogen-bond donors (Lipinski definition) is 1. The van der Waals surface area contributed by atoms with Gasteiger partial charge < -0.3 is 19.5 Å². The Balaban J connectivity index is 1.14. The molecule has 172 valence electrons. The van der Waals surface area contributed by atoms with E-state index in [1.807, 2.05) is 42.5 Å². The van der Waals surface area contributed by atoms with Crippen LogP contribution in [0.25, 0.3) is 10.6 Å². The monoisotopic (exact) mass is 466 g/mol. The van der Waals surface area contributed by atoms with Crippen LogP contribution < -0.4 is 19.5 Å². The van der Waals surface area contributed by atoms with Gasteiger partial charge in [-0.3, -0.25) is 9.69 Å². The second kappa shape index (κ2) is 9.76. The third-order valence-corrected chi connectivity index (χ3v) is 7.03. The molecule has 0 aliphatic carbocycles. The molecule has 2 aromatic carbocycles. The topological polar surface area (TPSA) is 85.8 Å². The fourth-order valence-electron chi connectivity index (χ4n) is 4.19. The quantitative estimate of drug-likeness (QED) is 0.591. The zero-order valence-electron chi connectivity index (χ0n) is 18.5. The fraction of sp³-hybridized carbons (Fsp3) is 0.375. The van der Waals surface area contributed by atoms with Crippen molar-refractivity contribution in [2.45, 2.75) is 18.8 Å². The molecule has 1 N–H and O–H groups in total. The molecule has 0 spiro atoms. The van der Waals surface area contributed by atoms with Crippen LogP contribution in [0.2, 0.25) is 0 Å². The predicted molar refractivity (Wildman–Crippen MR) is 126 cm³/mol. The van der Waals surface area contributed by atoms with Crippen molar-refractivity contribution < 1.29 is 19.0 Å². The van der Waals surface area contributed by atoms with E-state index in [1.165, 1.54) is 0 Å². The first-order valence-corrected chi connectivity index (χ1v) is 11.9. The van der Waals surface area contributed by atoms with Crippen LogP contribution in [0.3, 0.4) is 0 Å². The van der Waals surface area contributed by atoms with Gasteiger partial charge in [0.1, 0.15) is 24.0 Å². The summed E-state index contributed by atoms with van der Waals surface area (Å²) >= 11 is 1.63. The van der Waals surface area contributed by atoms with E-state index in [0.717, 1.165) is 52.9 Å². The molecular weight excluding hydrogens is 440 g/mol. The number of ether oxygens (including phenoxy) is 3. The van der Waals surface area contributed by atoms with Crippen LogP contribution in [0.5, 0.6) is 17.2 Å². The Hall–Kier alpha value is -3.17. The Morgan fingerprint density at radius 3 is 2.73 bits per heavy atom. The molecule has 0 bridgehead atoms. The molecule has 1 saturated heterocycles. The van der Waals surface area contributed by atoms with Crippen molar-refractivity contribution in [3.8, 4) is 27.8 Å². The molecule has 1 fully saturated rings. The number of fused-ring (bicyclic) bond motifs is 1. The van der Waals surface area contributed by atoms with Gasteiger partial charge in [0.15, 0.2) is 16.5 Å². The molecular formula is C24H26N4O4S. The first kappa shape index (κ1) is 21.7. The molecule has 0 radical (unpaired) electrons. The second-order valence-corrected chi connectivity index (χ2v) is 9.11. The lowest BCUT2D eigenvalue weighted by molar-refractivity contribution is -0.117. The SMILES string of the molecule is COc1ccccc1-c1nnc(C2CCN(CC(=O)Nc3ccc4c(c3)OCCO4)CC2)s1. The number of carbonyl (C=O) groups excluding carboxylic acids is 1. The van der Waals surface area contributed by atoms with E-state index in [0.29, 0.717) is 37.2 Å². The zero-order chi connectivity index (χ0) is 22.6. The number of para-hydroxylation sites is 1. The van der Waals surface area contributed by atoms with Crippen molar-refractivity contribution in [3.63, 3.8) is 0 Å². The molecule has 3 aromatic rings. The number of rotatable bonds is 6. The summed E-state index contributed by atoms with van der Waals surface area (Å²) in [5, 5.41) is 13.8. The molecule has 1 aromatic heterocycles. The first-order valence-electron chi connectivity index (χ1n) is 11.1. The van der Waals surface area contributed by atoms with Gasteiger partial charge in [-0.25, -0.2) is 0 Å². The highest BCUT2D eigenvalue weighted by Crippen LogP contribution is 2.37. The summed E-state index contributed by atoms with van der Waals surface area (Å²) in [7, 11) is 1.67. The Labute approximate surface area is 196 Å². The van der Waals surface area contributed by atoms with Crippen LogP contribution in [0.15, 0.2) is 42.5 Å². The lowest BCUT2D eigenvalue weighted by Crippen LogP contribution is -2.38. The number of benzene rings is 2. The molecule has 9 heteroatoms. The summed E-state index contributed by atoms with van der Waals surface area (Å²) in [6.45, 7) is 3.14. The predicted octanol–water partition coefficient (Wildman–Crippen LogP) is 3.80. The molecule has 0 saturated carbocycles. The fourth-order valence-corrected chi connectivity index (χ4v) is 5.23. The molecule has 0 unspecified atom stereocenters. The Bertz CT molecular complexity index is 1130. The smallest absolute Gasteiger partial charge is 0.238 e. The normalized spacial score (nSPS) is 16.4. The van der Waals surface area contributed by atoms with Crippen LogP contribution in [0, 0.1) is 0 Å². The van der Waals surface area contributed by atoms with Gasteiger partial charge in [0.05, 0.1) is 19.2 Å². The maximum Gasteiger partial charge on any atom is 0.238 e. The lowest BCUT2D eigenvalue weighted by Gasteiger charge is -2.30. The number of amides is 1. The van der Waals surface area contributed by atoms with Crippen LogP contribution in [0.1, 0.15) is 23.8 Å². The van der Waals surface area contributed by atoms with E-state index in [1.54, 1.807) is 18.4 Å². The van der Waals surface area contributed by atoms with Gasteiger partial charge in [-0.15, -0.1) is 10.2 Å². The van der Waals surface area contributed by atoms with Crippen molar-refractivity contribution in [2.24, 2.45) is 0 Å². The summed E-state index contributed by atoms with van der Waals surface area (Å²) in [5.41, 5.74) is 1.69. The number of likely N-dealkylation sites (tertiary alicyclic amines) is 1. The number of hydrogen-bond acceptors (Lipinski definition) is 8. The van der Waals surface area contributed by atoms with E-state index >= 15 is 0 Å². The van der Waals surface area contributed by atoms with Gasteiger partial charge in [0, 0.05) is 17.7 Å². The number of methoxy groups -OCH3 is 1. The molecule has 0 atom stereocenters. The minimum Gasteiger partial charge on any atom is -0.496 e. The largest absolute Gasteiger partial charge is 0.496 e. The summed E-state index contributed by atoms with van der Waals surface area (Å²) in [5.74, 6) is 2.53. The molecule has 3 heterocycles. The van der Waals surface area contributed by atoms with Crippen molar-refractivity contribution in [1.29, 1.82) is 0 Å². The average Bonchev–Trinajstić information content (AvgIpc) is 3.34. The number of nitrogens with one attached hydrogen (secondary N) is 1. The summed E-state index contributed by atoms with van der Waals surface area (Å²) < 4.78 is 16.6. The maximum atomic E-state index is 12.6. The van der Waals surface area contributed by atoms with Crippen LogP contribution in [0.4, 0.5) is 5.69 Å². The second-order valence-electron chi connectivity index (χ2n) is 8.10. The van der Waals surface area contributed by atoms with E-state index in [4.69, 9.17) is 14.2 Å². The van der Waals surface area contributed by atoms with Crippen molar-refractivity contribution >= 4 is 22.9 Å². The van der Waals surface area contributed by atoms with Gasteiger partial charge in [-0.05, 0) is 50.2 Å². The summed E-state index contributed by atoms with van der Waals surface area (Å²) in [6, 6.07) is 13.4. The molecule has 33 heavy (non-hydrogen) atoms. The lowest BCUT2D eigenvalue weighted by atomic mass is 9.98. The van der Waals surface area contributed by atoms with Gasteiger partial charge in [-0.2, -0.15) is 0 Å². The van der Waals surface area contributed by atoms with E-state index in [2.05, 4.69) is 20.4 Å². The van der Waals surface area contributed by atoms with Crippen molar-refractivity contribution in [1.82, 2.24) is 15.1 Å². The Morgan fingerprint density at radius 2 is 1.91 bits per heavy atom. The Morgan fingerprint density at radius 1 is 1.12 bits per heavy atom. The number of carbonyl (C=O) groups is 1. The maximum absolute atomic E-state index is 12.6.